The first kappa shape index (κ1) is 23.0. The van der Waals surface area contributed by atoms with Gasteiger partial charge in [0.2, 0.25) is 6.54 Å². The monoisotopic (exact) mass is 337 g/mol. The topological polar surface area (TPSA) is 30.7 Å². The normalized spacial score (nSPS) is 11.9. The summed E-state index contributed by atoms with van der Waals surface area (Å²) in [6.07, 6.45) is 15.8. The molecule has 24 heavy (non-hydrogen) atoms. The molecule has 0 saturated carbocycles. The fourth-order valence-electron chi connectivity index (χ4n) is 2.94. The fourth-order valence-corrected chi connectivity index (χ4v) is 2.94. The molecule has 0 aromatic rings. The van der Waals surface area contributed by atoms with E-state index in [0.29, 0.717) is 25.5 Å². The largest absolute Gasteiger partial charge is 0.465 e. The minimum atomic E-state index is -0.0220. The second kappa shape index (κ2) is 18.3. The maximum absolute atomic E-state index is 11.9. The van der Waals surface area contributed by atoms with Gasteiger partial charge in [0.05, 0.1) is 6.61 Å². The molecule has 3 nitrogen and oxygen atoms in total. The Morgan fingerprint density at radius 2 is 1.50 bits per heavy atom. The second-order valence-corrected chi connectivity index (χ2v) is 6.94. The van der Waals surface area contributed by atoms with Crippen LogP contribution in [0.5, 0.6) is 0 Å². The highest BCUT2D eigenvalue weighted by molar-refractivity contribution is 5.69. The van der Waals surface area contributed by atoms with Crippen LogP contribution in [0.3, 0.4) is 0 Å². The van der Waals surface area contributed by atoms with Gasteiger partial charge >= 0.3 is 5.97 Å². The van der Waals surface area contributed by atoms with Crippen LogP contribution >= 0.6 is 0 Å². The van der Waals surface area contributed by atoms with E-state index in [0.717, 1.165) is 32.1 Å². The molecule has 0 heterocycles. The molecule has 140 valence electrons. The average molecular weight is 338 g/mol. The van der Waals surface area contributed by atoms with Crippen molar-refractivity contribution in [2.24, 2.45) is 5.92 Å². The van der Waals surface area contributed by atoms with Crippen LogP contribution < -0.4 is 0 Å². The number of unbranched alkanes of at least 4 members (excludes halogenated alkanes) is 8. The van der Waals surface area contributed by atoms with E-state index in [1.807, 2.05) is 0 Å². The molecule has 0 aliphatic heterocycles. The van der Waals surface area contributed by atoms with Crippen LogP contribution in [0, 0.1) is 12.5 Å². The zero-order valence-corrected chi connectivity index (χ0v) is 16.2. The summed E-state index contributed by atoms with van der Waals surface area (Å²) in [5, 5.41) is 0. The molecule has 0 bridgehead atoms. The Morgan fingerprint density at radius 1 is 0.875 bits per heavy atom. The lowest BCUT2D eigenvalue weighted by Gasteiger charge is -2.16. The molecule has 1 atom stereocenters. The maximum Gasteiger partial charge on any atom is 0.305 e. The molecule has 0 radical (unpaired) electrons. The van der Waals surface area contributed by atoms with E-state index in [9.17, 15) is 4.79 Å². The molecule has 0 N–H and O–H groups in total. The Balaban J connectivity index is 3.72. The highest BCUT2D eigenvalue weighted by Crippen LogP contribution is 2.18. The lowest BCUT2D eigenvalue weighted by Crippen LogP contribution is -2.14. The molecular formula is C21H39NO2. The lowest BCUT2D eigenvalue weighted by atomic mass is 9.96. The second-order valence-electron chi connectivity index (χ2n) is 6.94. The summed E-state index contributed by atoms with van der Waals surface area (Å²) >= 11 is 0. The summed E-state index contributed by atoms with van der Waals surface area (Å²) in [6, 6.07) is 0. The minimum absolute atomic E-state index is 0.0220. The zero-order chi connectivity index (χ0) is 17.9. The van der Waals surface area contributed by atoms with Crippen LogP contribution in [0.4, 0.5) is 0 Å². The number of rotatable bonds is 17. The van der Waals surface area contributed by atoms with Crippen LogP contribution in [0.15, 0.2) is 0 Å². The third-order valence-electron chi connectivity index (χ3n) is 4.56. The third kappa shape index (κ3) is 15.8. The van der Waals surface area contributed by atoms with E-state index in [2.05, 4.69) is 18.7 Å². The van der Waals surface area contributed by atoms with Gasteiger partial charge in [-0.1, -0.05) is 65.2 Å². The van der Waals surface area contributed by atoms with Crippen molar-refractivity contribution in [1.82, 2.24) is 0 Å². The Labute approximate surface area is 150 Å². The van der Waals surface area contributed by atoms with Gasteiger partial charge in [0.15, 0.2) is 0 Å². The quantitative estimate of drug-likeness (QED) is 0.171. The van der Waals surface area contributed by atoms with Crippen molar-refractivity contribution in [2.45, 2.75) is 104 Å². The Hall–Kier alpha value is -1.04. The van der Waals surface area contributed by atoms with Gasteiger partial charge in [-0.05, 0) is 31.6 Å². The van der Waals surface area contributed by atoms with Crippen molar-refractivity contribution < 1.29 is 9.53 Å². The minimum Gasteiger partial charge on any atom is -0.465 e. The lowest BCUT2D eigenvalue weighted by molar-refractivity contribution is -0.145. The van der Waals surface area contributed by atoms with Gasteiger partial charge in [-0.3, -0.25) is 4.79 Å². The summed E-state index contributed by atoms with van der Waals surface area (Å²) in [5.41, 5.74) is 0. The molecule has 0 fully saturated rings. The number of hydrogen-bond donors (Lipinski definition) is 0. The Bertz CT molecular complexity index is 322. The Morgan fingerprint density at radius 3 is 2.21 bits per heavy atom. The van der Waals surface area contributed by atoms with E-state index < -0.39 is 0 Å². The van der Waals surface area contributed by atoms with E-state index >= 15 is 0 Å². The molecule has 0 rings (SSSR count). The molecule has 0 aromatic heterocycles. The summed E-state index contributed by atoms with van der Waals surface area (Å²) in [5.74, 6) is 0.533. The number of carbonyl (C=O) groups excluding carboxylic acids is 1. The number of esters is 1. The number of nitrogens with zero attached hydrogens (tertiary/aromatic N) is 1. The van der Waals surface area contributed by atoms with Gasteiger partial charge in [0, 0.05) is 12.8 Å². The summed E-state index contributed by atoms with van der Waals surface area (Å²) in [7, 11) is 0. The van der Waals surface area contributed by atoms with Crippen LogP contribution in [-0.4, -0.2) is 19.1 Å². The van der Waals surface area contributed by atoms with Crippen molar-refractivity contribution in [3.63, 3.8) is 0 Å². The molecular weight excluding hydrogens is 298 g/mol. The first-order valence-electron chi connectivity index (χ1n) is 10.2. The van der Waals surface area contributed by atoms with E-state index in [-0.39, 0.29) is 5.97 Å². The van der Waals surface area contributed by atoms with Crippen molar-refractivity contribution in [2.75, 3.05) is 13.2 Å². The van der Waals surface area contributed by atoms with Gasteiger partial charge in [-0.2, -0.15) is 0 Å². The molecule has 0 aliphatic carbocycles. The summed E-state index contributed by atoms with van der Waals surface area (Å²) < 4.78 is 5.52. The maximum atomic E-state index is 11.9. The van der Waals surface area contributed by atoms with Gasteiger partial charge in [0.1, 0.15) is 0 Å². The molecule has 0 amide bonds. The van der Waals surface area contributed by atoms with Crippen LogP contribution in [0.2, 0.25) is 0 Å². The predicted molar refractivity (Wildman–Crippen MR) is 102 cm³/mol. The van der Waals surface area contributed by atoms with E-state index in [4.69, 9.17) is 11.3 Å². The SMILES string of the molecule is [C-]#[N+]CCCCCCCC(=O)OCC(CCCC)CCCCCC. The van der Waals surface area contributed by atoms with Crippen molar-refractivity contribution in [3.05, 3.63) is 11.4 Å². The molecule has 0 saturated heterocycles. The molecule has 0 aliphatic rings. The van der Waals surface area contributed by atoms with Crippen LogP contribution in [-0.2, 0) is 9.53 Å². The molecule has 3 heteroatoms. The summed E-state index contributed by atoms with van der Waals surface area (Å²) in [4.78, 5) is 15.2. The third-order valence-corrected chi connectivity index (χ3v) is 4.56. The first-order valence-corrected chi connectivity index (χ1v) is 10.2. The summed E-state index contributed by atoms with van der Waals surface area (Å²) in [6.45, 7) is 12.4. The zero-order valence-electron chi connectivity index (χ0n) is 16.2. The van der Waals surface area contributed by atoms with Crippen LogP contribution in [0.1, 0.15) is 104 Å². The average Bonchev–Trinajstić information content (AvgIpc) is 2.59. The Kier molecular flexibility index (Phi) is 17.5. The van der Waals surface area contributed by atoms with Gasteiger partial charge < -0.3 is 9.58 Å². The van der Waals surface area contributed by atoms with Gasteiger partial charge in [0.25, 0.3) is 0 Å². The highest BCUT2D eigenvalue weighted by atomic mass is 16.5. The predicted octanol–water partition coefficient (Wildman–Crippen LogP) is 6.57. The molecule has 0 aromatic carbocycles. The van der Waals surface area contributed by atoms with Crippen LogP contribution in [0.25, 0.3) is 4.85 Å². The smallest absolute Gasteiger partial charge is 0.305 e. The van der Waals surface area contributed by atoms with Crippen molar-refractivity contribution in [1.29, 1.82) is 0 Å². The van der Waals surface area contributed by atoms with Gasteiger partial charge in [-0.25, -0.2) is 6.57 Å². The molecule has 0 spiro atoms. The van der Waals surface area contributed by atoms with Crippen molar-refractivity contribution >= 4 is 5.97 Å². The van der Waals surface area contributed by atoms with E-state index in [1.54, 1.807) is 0 Å². The highest BCUT2D eigenvalue weighted by Gasteiger charge is 2.11. The van der Waals surface area contributed by atoms with Crippen molar-refractivity contribution in [3.8, 4) is 0 Å². The fraction of sp³-hybridized carbons (Fsp3) is 0.905. The van der Waals surface area contributed by atoms with Gasteiger partial charge in [-0.15, -0.1) is 0 Å². The molecule has 1 unspecified atom stereocenters. The van der Waals surface area contributed by atoms with E-state index in [1.165, 1.54) is 51.4 Å². The standard InChI is InChI=1S/C21H39NO2/c1-4-6-8-12-16-20(15-7-5-2)19-24-21(23)17-13-10-9-11-14-18-22-3/h20H,4-19H2,1-2H3. The number of carbonyl (C=O) groups is 1. The first-order chi connectivity index (χ1) is 11.7. The number of hydrogen-bond acceptors (Lipinski definition) is 2. The number of ether oxygens (including phenoxy) is 1.